The molecule has 1 aliphatic heterocycles. The summed E-state index contributed by atoms with van der Waals surface area (Å²) >= 11 is 0. The van der Waals surface area contributed by atoms with Crippen molar-refractivity contribution in [1.82, 2.24) is 14.5 Å². The SMILES string of the molecule is O=C(Cc1cccc2ccccc12)NCC(=O)N1CCN(S(=O)(=O)c2ccc3c(c2)CCC3)CC1. The molecule has 7 nitrogen and oxygen atoms in total. The second-order valence-electron chi connectivity index (χ2n) is 9.16. The van der Waals surface area contributed by atoms with E-state index in [0.29, 0.717) is 18.0 Å². The third-order valence-corrected chi connectivity index (χ3v) is 8.86. The molecule has 3 aromatic carbocycles. The first-order valence-corrected chi connectivity index (χ1v) is 13.5. The Bertz CT molecular complexity index is 1370. The molecule has 5 rings (SSSR count). The van der Waals surface area contributed by atoms with Gasteiger partial charge in [0.05, 0.1) is 17.9 Å². The van der Waals surface area contributed by atoms with Crippen LogP contribution in [-0.2, 0) is 38.9 Å². The van der Waals surface area contributed by atoms with Crippen LogP contribution in [0.15, 0.2) is 65.6 Å². The second kappa shape index (κ2) is 9.79. The van der Waals surface area contributed by atoms with E-state index in [0.717, 1.165) is 41.2 Å². The number of nitrogens with zero attached hydrogens (tertiary/aromatic N) is 2. The van der Waals surface area contributed by atoms with Gasteiger partial charge < -0.3 is 10.2 Å². The fourth-order valence-electron chi connectivity index (χ4n) is 5.00. The van der Waals surface area contributed by atoms with Crippen molar-refractivity contribution in [1.29, 1.82) is 0 Å². The normalized spacial score (nSPS) is 16.3. The number of aryl methyl sites for hydroxylation is 2. The molecule has 1 N–H and O–H groups in total. The van der Waals surface area contributed by atoms with Crippen molar-refractivity contribution in [3.63, 3.8) is 0 Å². The second-order valence-corrected chi connectivity index (χ2v) is 11.1. The van der Waals surface area contributed by atoms with Gasteiger partial charge in [0.15, 0.2) is 0 Å². The van der Waals surface area contributed by atoms with E-state index in [2.05, 4.69) is 5.32 Å². The van der Waals surface area contributed by atoms with Crippen molar-refractivity contribution in [2.75, 3.05) is 32.7 Å². The largest absolute Gasteiger partial charge is 0.347 e. The van der Waals surface area contributed by atoms with Crippen LogP contribution in [0.5, 0.6) is 0 Å². The van der Waals surface area contributed by atoms with Gasteiger partial charge in [0.25, 0.3) is 0 Å². The van der Waals surface area contributed by atoms with E-state index < -0.39 is 10.0 Å². The molecule has 1 heterocycles. The summed E-state index contributed by atoms with van der Waals surface area (Å²) in [7, 11) is -3.59. The lowest BCUT2D eigenvalue weighted by atomic mass is 10.0. The molecule has 35 heavy (non-hydrogen) atoms. The van der Waals surface area contributed by atoms with Crippen LogP contribution in [0.1, 0.15) is 23.1 Å². The summed E-state index contributed by atoms with van der Waals surface area (Å²) in [5, 5.41) is 4.82. The topological polar surface area (TPSA) is 86.8 Å². The number of carbonyl (C=O) groups is 2. The predicted octanol–water partition coefficient (Wildman–Crippen LogP) is 2.52. The highest BCUT2D eigenvalue weighted by Gasteiger charge is 2.30. The monoisotopic (exact) mass is 491 g/mol. The molecule has 0 radical (unpaired) electrons. The van der Waals surface area contributed by atoms with Crippen molar-refractivity contribution in [3.8, 4) is 0 Å². The Morgan fingerprint density at radius 2 is 1.60 bits per heavy atom. The summed E-state index contributed by atoms with van der Waals surface area (Å²) in [5.74, 6) is -0.418. The smallest absolute Gasteiger partial charge is 0.243 e. The van der Waals surface area contributed by atoms with Gasteiger partial charge in [0.2, 0.25) is 21.8 Å². The summed E-state index contributed by atoms with van der Waals surface area (Å²) in [6.07, 6.45) is 3.20. The molecule has 0 spiro atoms. The van der Waals surface area contributed by atoms with Crippen LogP contribution in [0.2, 0.25) is 0 Å². The molecule has 1 saturated heterocycles. The first-order chi connectivity index (χ1) is 16.9. The lowest BCUT2D eigenvalue weighted by Crippen LogP contribution is -2.52. The molecule has 0 bridgehead atoms. The maximum atomic E-state index is 13.1. The van der Waals surface area contributed by atoms with Crippen LogP contribution in [0, 0.1) is 0 Å². The molecule has 3 aromatic rings. The number of sulfonamides is 1. The lowest BCUT2D eigenvalue weighted by Gasteiger charge is -2.34. The van der Waals surface area contributed by atoms with Gasteiger partial charge in [-0.05, 0) is 58.9 Å². The van der Waals surface area contributed by atoms with Gasteiger partial charge in [-0.2, -0.15) is 4.31 Å². The van der Waals surface area contributed by atoms with Crippen molar-refractivity contribution >= 4 is 32.6 Å². The number of hydrogen-bond donors (Lipinski definition) is 1. The van der Waals surface area contributed by atoms with Crippen LogP contribution >= 0.6 is 0 Å². The van der Waals surface area contributed by atoms with Crippen LogP contribution in [0.4, 0.5) is 0 Å². The number of rotatable bonds is 6. The van der Waals surface area contributed by atoms with Gasteiger partial charge in [0, 0.05) is 26.2 Å². The molecular weight excluding hydrogens is 462 g/mol. The highest BCUT2D eigenvalue weighted by atomic mass is 32.2. The number of benzene rings is 3. The first kappa shape index (κ1) is 23.5. The Balaban J connectivity index is 1.13. The third-order valence-electron chi connectivity index (χ3n) is 6.97. The Morgan fingerprint density at radius 1 is 0.857 bits per heavy atom. The van der Waals surface area contributed by atoms with Gasteiger partial charge >= 0.3 is 0 Å². The van der Waals surface area contributed by atoms with E-state index in [1.807, 2.05) is 48.5 Å². The van der Waals surface area contributed by atoms with Gasteiger partial charge in [-0.3, -0.25) is 9.59 Å². The number of nitrogens with one attached hydrogen (secondary N) is 1. The minimum atomic E-state index is -3.59. The molecule has 2 aliphatic rings. The van der Waals surface area contributed by atoms with E-state index in [1.54, 1.807) is 17.0 Å². The van der Waals surface area contributed by atoms with E-state index >= 15 is 0 Å². The highest BCUT2D eigenvalue weighted by molar-refractivity contribution is 7.89. The van der Waals surface area contributed by atoms with Crippen LogP contribution < -0.4 is 5.32 Å². The molecule has 0 saturated carbocycles. The zero-order chi connectivity index (χ0) is 24.4. The zero-order valence-electron chi connectivity index (χ0n) is 19.6. The van der Waals surface area contributed by atoms with E-state index in [-0.39, 0.29) is 37.9 Å². The Labute approximate surface area is 205 Å². The molecule has 2 amide bonds. The lowest BCUT2D eigenvalue weighted by molar-refractivity contribution is -0.133. The van der Waals surface area contributed by atoms with Crippen molar-refractivity contribution in [2.45, 2.75) is 30.6 Å². The Kier molecular flexibility index (Phi) is 6.58. The number of hydrogen-bond acceptors (Lipinski definition) is 4. The molecule has 8 heteroatoms. The maximum Gasteiger partial charge on any atom is 0.243 e. The number of piperazine rings is 1. The standard InChI is InChI=1S/C27H29N3O4S/c31-26(18-23-9-4-7-21-5-1-2-10-25(21)23)28-19-27(32)29-13-15-30(16-14-29)35(33,34)24-12-11-20-6-3-8-22(20)17-24/h1-2,4-5,7,9-12,17H,3,6,8,13-16,18-19H2,(H,28,31). The maximum absolute atomic E-state index is 13.1. The minimum absolute atomic E-state index is 0.0961. The number of fused-ring (bicyclic) bond motifs is 2. The highest BCUT2D eigenvalue weighted by Crippen LogP contribution is 2.26. The molecule has 1 fully saturated rings. The van der Waals surface area contributed by atoms with Gasteiger partial charge in [0.1, 0.15) is 0 Å². The van der Waals surface area contributed by atoms with Crippen LogP contribution in [-0.4, -0.2) is 62.2 Å². The molecular formula is C27H29N3O4S. The molecule has 0 aromatic heterocycles. The summed E-state index contributed by atoms with van der Waals surface area (Å²) in [6.45, 7) is 1.01. The van der Waals surface area contributed by atoms with Crippen molar-refractivity contribution in [2.24, 2.45) is 0 Å². The predicted molar refractivity (Wildman–Crippen MR) is 134 cm³/mol. The average molecular weight is 492 g/mol. The minimum Gasteiger partial charge on any atom is -0.347 e. The summed E-state index contributed by atoms with van der Waals surface area (Å²) in [5.41, 5.74) is 3.28. The van der Waals surface area contributed by atoms with Gasteiger partial charge in [-0.15, -0.1) is 0 Å². The molecule has 182 valence electrons. The summed E-state index contributed by atoms with van der Waals surface area (Å²) in [6, 6.07) is 19.2. The Morgan fingerprint density at radius 3 is 2.43 bits per heavy atom. The van der Waals surface area contributed by atoms with Gasteiger partial charge in [-0.1, -0.05) is 48.5 Å². The first-order valence-electron chi connectivity index (χ1n) is 12.0. The number of carbonyl (C=O) groups excluding carboxylic acids is 2. The van der Waals surface area contributed by atoms with Crippen molar-refractivity contribution < 1.29 is 18.0 Å². The van der Waals surface area contributed by atoms with E-state index in [4.69, 9.17) is 0 Å². The quantitative estimate of drug-likeness (QED) is 0.574. The van der Waals surface area contributed by atoms with E-state index in [9.17, 15) is 18.0 Å². The third kappa shape index (κ3) is 4.94. The van der Waals surface area contributed by atoms with E-state index in [1.165, 1.54) is 9.87 Å². The summed E-state index contributed by atoms with van der Waals surface area (Å²) in [4.78, 5) is 27.1. The fraction of sp³-hybridized carbons (Fsp3) is 0.333. The van der Waals surface area contributed by atoms with Gasteiger partial charge in [-0.25, -0.2) is 8.42 Å². The molecule has 1 aliphatic carbocycles. The Hall–Kier alpha value is -3.23. The zero-order valence-corrected chi connectivity index (χ0v) is 20.4. The average Bonchev–Trinajstić information content (AvgIpc) is 3.36. The molecule has 0 atom stereocenters. The van der Waals surface area contributed by atoms with Crippen LogP contribution in [0.25, 0.3) is 10.8 Å². The van der Waals surface area contributed by atoms with Crippen LogP contribution in [0.3, 0.4) is 0 Å². The van der Waals surface area contributed by atoms with Crippen molar-refractivity contribution in [3.05, 3.63) is 77.4 Å². The summed E-state index contributed by atoms with van der Waals surface area (Å²) < 4.78 is 27.7. The fourth-order valence-corrected chi connectivity index (χ4v) is 6.48. The number of amides is 2. The molecule has 0 unspecified atom stereocenters.